The summed E-state index contributed by atoms with van der Waals surface area (Å²) in [5.41, 5.74) is -1.35. The van der Waals surface area contributed by atoms with E-state index in [-0.39, 0.29) is 80.2 Å². The lowest BCUT2D eigenvalue weighted by atomic mass is 9.91. The first-order valence-electron chi connectivity index (χ1n) is 20.5. The number of pyridine rings is 1. The molecule has 7 rings (SSSR count). The topological polar surface area (TPSA) is 219 Å². The lowest BCUT2D eigenvalue weighted by Gasteiger charge is -2.29. The van der Waals surface area contributed by atoms with Gasteiger partial charge in [-0.1, -0.05) is 19.1 Å². The minimum atomic E-state index is -3.90. The molecule has 2 aromatic rings. The molecule has 60 heavy (non-hydrogen) atoms. The van der Waals surface area contributed by atoms with Gasteiger partial charge in [-0.25, -0.2) is 18.2 Å². The number of thioether (sulfide) groups is 1. The molecule has 4 N–H and O–H groups in total. The fourth-order valence-electron chi connectivity index (χ4n) is 8.71. The quantitative estimate of drug-likeness (QED) is 0.0617. The summed E-state index contributed by atoms with van der Waals surface area (Å²) in [7, 11) is -2.34. The zero-order valence-corrected chi connectivity index (χ0v) is 35.2. The molecule has 0 spiro atoms. The van der Waals surface area contributed by atoms with Crippen LogP contribution in [0.25, 0.3) is 10.8 Å². The minimum absolute atomic E-state index is 0.0340. The molecule has 2 aliphatic carbocycles. The maximum absolute atomic E-state index is 14.7. The molecular weight excluding hydrogens is 813 g/mol. The average Bonchev–Trinajstić information content (AvgIpc) is 4.10. The number of benzene rings is 1. The molecule has 5 fully saturated rings. The second-order valence-corrected chi connectivity index (χ2v) is 19.7. The Bertz CT molecular complexity index is 2180. The van der Waals surface area contributed by atoms with Gasteiger partial charge < -0.3 is 30.3 Å². The van der Waals surface area contributed by atoms with Gasteiger partial charge in [-0.05, 0) is 73.7 Å². The Morgan fingerprint density at radius 2 is 1.93 bits per heavy atom. The SMILES string of the molecule is C=CC(=O)NC[C@H](CC(=O)CCCC[C@H]1SC[C@H]2NC(=O)N[C@H]21)C(=O)N1C[C@H](Oc2nccc3cc(OC)ccc23)C[C@H]1C(=O)C[C@]1(C(=O)NS(=O)(=O)C2CC2)C[C@H]1C=C. The first-order valence-corrected chi connectivity index (χ1v) is 23.1. The average molecular weight is 865 g/mol. The largest absolute Gasteiger partial charge is 0.497 e. The number of urea groups is 1. The van der Waals surface area contributed by atoms with Gasteiger partial charge in [0.1, 0.15) is 17.6 Å². The van der Waals surface area contributed by atoms with E-state index in [4.69, 9.17) is 9.47 Å². The van der Waals surface area contributed by atoms with Crippen molar-refractivity contribution in [1.82, 2.24) is 30.6 Å². The van der Waals surface area contributed by atoms with Gasteiger partial charge in [-0.2, -0.15) is 11.8 Å². The van der Waals surface area contributed by atoms with Gasteiger partial charge >= 0.3 is 6.03 Å². The lowest BCUT2D eigenvalue weighted by molar-refractivity contribution is -0.143. The number of hydrogen-bond acceptors (Lipinski definition) is 12. The Kier molecular flexibility index (Phi) is 12.9. The van der Waals surface area contributed by atoms with Crippen molar-refractivity contribution in [2.75, 3.05) is 26.0 Å². The zero-order valence-electron chi connectivity index (χ0n) is 33.6. The maximum atomic E-state index is 14.7. The van der Waals surface area contributed by atoms with Crippen molar-refractivity contribution in [2.45, 2.75) is 98.9 Å². The van der Waals surface area contributed by atoms with Crippen LogP contribution in [0.2, 0.25) is 0 Å². The Morgan fingerprint density at radius 1 is 1.13 bits per heavy atom. The van der Waals surface area contributed by atoms with Crippen molar-refractivity contribution in [3.63, 3.8) is 0 Å². The number of carbonyl (C=O) groups is 6. The van der Waals surface area contributed by atoms with E-state index < -0.39 is 68.2 Å². The highest BCUT2D eigenvalue weighted by Crippen LogP contribution is 2.57. The molecular formula is C42H52N6O10S2. The number of fused-ring (bicyclic) bond motifs is 2. The van der Waals surface area contributed by atoms with Crippen LogP contribution in [0.4, 0.5) is 4.79 Å². The number of aromatic nitrogens is 1. The number of allylic oxidation sites excluding steroid dienone is 1. The number of rotatable bonds is 21. The van der Waals surface area contributed by atoms with Gasteiger partial charge in [-0.3, -0.25) is 28.7 Å². The van der Waals surface area contributed by atoms with Crippen LogP contribution >= 0.6 is 11.8 Å². The number of sulfonamides is 1. The van der Waals surface area contributed by atoms with Crippen LogP contribution < -0.4 is 30.1 Å². The smallest absolute Gasteiger partial charge is 0.315 e. The van der Waals surface area contributed by atoms with Crippen molar-refractivity contribution in [1.29, 1.82) is 0 Å². The molecule has 4 heterocycles. The molecule has 3 aliphatic heterocycles. The van der Waals surface area contributed by atoms with Crippen molar-refractivity contribution in [3.8, 4) is 11.6 Å². The number of unbranched alkanes of at least 4 members (excludes halogenated alkanes) is 1. The number of ketones is 2. The first kappa shape index (κ1) is 43.1. The number of hydrogen-bond donors (Lipinski definition) is 4. The fourth-order valence-corrected chi connectivity index (χ4v) is 11.6. The summed E-state index contributed by atoms with van der Waals surface area (Å²) in [6.45, 7) is 7.05. The van der Waals surface area contributed by atoms with Crippen molar-refractivity contribution in [3.05, 3.63) is 55.8 Å². The summed E-state index contributed by atoms with van der Waals surface area (Å²) in [6, 6.07) is 6.10. The zero-order chi connectivity index (χ0) is 42.8. The molecule has 16 nitrogen and oxygen atoms in total. The van der Waals surface area contributed by atoms with Crippen LogP contribution in [-0.2, 0) is 34.0 Å². The highest BCUT2D eigenvalue weighted by atomic mass is 32.2. The van der Waals surface area contributed by atoms with E-state index in [1.165, 1.54) is 11.0 Å². The lowest BCUT2D eigenvalue weighted by Crippen LogP contribution is -2.48. The summed E-state index contributed by atoms with van der Waals surface area (Å²) in [4.78, 5) is 86.2. The molecule has 1 aromatic heterocycles. The summed E-state index contributed by atoms with van der Waals surface area (Å²) < 4.78 is 39.6. The summed E-state index contributed by atoms with van der Waals surface area (Å²) in [5, 5.41) is 9.63. The number of nitrogens with one attached hydrogen (secondary N) is 4. The van der Waals surface area contributed by atoms with Crippen molar-refractivity contribution < 1.29 is 46.7 Å². The molecule has 8 atom stereocenters. The molecule has 2 saturated carbocycles. The highest BCUT2D eigenvalue weighted by molar-refractivity contribution is 8.00. The van der Waals surface area contributed by atoms with E-state index in [2.05, 4.69) is 38.8 Å². The normalized spacial score (nSPS) is 27.2. The standard InChI is InChI=1S/C42H52N6O10S2/c1-4-26-19-42(26,40(53)47-60(55,56)30-11-12-30)20-34(50)33-18-29(58-38-31-13-10-28(57-3)17-24(31)14-15-43-38)22-48(33)39(52)25(21-44-36(51)5-2)16-27(49)8-6-7-9-35-37-32(23-59-35)45-41(54)46-37/h4-5,10,13-15,17,25-26,29-30,32-33,35,37H,1-2,6-9,11-12,16,18-23H2,3H3,(H,44,51)(H,47,53)(H2,45,46,54)/t25-,26+,29+,32+,33-,35+,37+,42+/m0/s1. The number of likely N-dealkylation sites (tertiary alicyclic amines) is 1. The van der Waals surface area contributed by atoms with E-state index in [0.717, 1.165) is 30.1 Å². The van der Waals surface area contributed by atoms with E-state index in [1.54, 1.807) is 43.3 Å². The van der Waals surface area contributed by atoms with Gasteiger partial charge in [0.15, 0.2) is 5.78 Å². The molecule has 0 unspecified atom stereocenters. The fraction of sp³-hybridized carbons (Fsp3) is 0.548. The molecule has 5 aliphatic rings. The number of carbonyl (C=O) groups excluding carboxylic acids is 6. The Morgan fingerprint density at radius 3 is 2.65 bits per heavy atom. The third kappa shape index (κ3) is 9.48. The van der Waals surface area contributed by atoms with Gasteiger partial charge in [0.25, 0.3) is 0 Å². The number of nitrogens with zero attached hydrogens (tertiary/aromatic N) is 2. The molecule has 322 valence electrons. The molecule has 0 radical (unpaired) electrons. The minimum Gasteiger partial charge on any atom is -0.497 e. The van der Waals surface area contributed by atoms with Gasteiger partial charge in [0.2, 0.25) is 33.6 Å². The van der Waals surface area contributed by atoms with Crippen LogP contribution in [0.15, 0.2) is 55.8 Å². The van der Waals surface area contributed by atoms with E-state index in [9.17, 15) is 37.2 Å². The number of Topliss-reactive ketones (excluding diaryl/α,β-unsaturated/α-hetero) is 2. The third-order valence-corrected chi connectivity index (χ3v) is 15.7. The van der Waals surface area contributed by atoms with Crippen LogP contribution in [0.1, 0.15) is 64.2 Å². The predicted molar refractivity (Wildman–Crippen MR) is 224 cm³/mol. The number of methoxy groups -OCH3 is 1. The van der Waals surface area contributed by atoms with E-state index >= 15 is 0 Å². The molecule has 0 bridgehead atoms. The Balaban J connectivity index is 1.08. The van der Waals surface area contributed by atoms with Crippen LogP contribution in [0.3, 0.4) is 0 Å². The monoisotopic (exact) mass is 864 g/mol. The Labute approximate surface area is 353 Å². The number of ether oxygens (including phenoxy) is 2. The molecule has 1 aromatic carbocycles. The molecule has 3 saturated heterocycles. The predicted octanol–water partition coefficient (Wildman–Crippen LogP) is 2.96. The maximum Gasteiger partial charge on any atom is 0.315 e. The first-order chi connectivity index (χ1) is 28.7. The van der Waals surface area contributed by atoms with Gasteiger partial charge in [0.05, 0.1) is 48.4 Å². The van der Waals surface area contributed by atoms with Crippen LogP contribution in [0, 0.1) is 17.3 Å². The summed E-state index contributed by atoms with van der Waals surface area (Å²) >= 11 is 1.79. The van der Waals surface area contributed by atoms with Crippen molar-refractivity contribution in [2.24, 2.45) is 17.3 Å². The van der Waals surface area contributed by atoms with Gasteiger partial charge in [0, 0.05) is 54.8 Å². The van der Waals surface area contributed by atoms with Crippen molar-refractivity contribution >= 4 is 67.9 Å². The molecule has 5 amide bonds. The second-order valence-electron chi connectivity index (χ2n) is 16.5. The van der Waals surface area contributed by atoms with E-state index in [0.29, 0.717) is 30.4 Å². The van der Waals surface area contributed by atoms with Gasteiger partial charge in [-0.15, -0.1) is 6.58 Å². The summed E-state index contributed by atoms with van der Waals surface area (Å²) in [5.74, 6) is -2.23. The van der Waals surface area contributed by atoms with Crippen LogP contribution in [0.5, 0.6) is 11.6 Å². The second kappa shape index (κ2) is 17.9. The third-order valence-electron chi connectivity index (χ3n) is 12.4. The number of amides is 5. The summed E-state index contributed by atoms with van der Waals surface area (Å²) in [6.07, 6.45) is 6.40. The van der Waals surface area contributed by atoms with E-state index in [1.807, 2.05) is 6.07 Å². The van der Waals surface area contributed by atoms with Crippen LogP contribution in [-0.4, -0.2) is 114 Å². The Hall–Kier alpha value is -4.97. The molecule has 18 heteroatoms. The highest BCUT2D eigenvalue weighted by Gasteiger charge is 2.61.